The zero-order valence-corrected chi connectivity index (χ0v) is 12.6. The largest absolute Gasteiger partial charge is 0.465 e. The van der Waals surface area contributed by atoms with Gasteiger partial charge in [0, 0.05) is 12.1 Å². The number of ether oxygens (including phenoxy) is 1. The Labute approximate surface area is 114 Å². The van der Waals surface area contributed by atoms with Crippen LogP contribution >= 0.6 is 0 Å². The Bertz CT molecular complexity index is 478. The fourth-order valence-electron chi connectivity index (χ4n) is 1.59. The smallest absolute Gasteiger partial charge is 0.341 e. The molecule has 1 aromatic heterocycles. The van der Waals surface area contributed by atoms with E-state index >= 15 is 0 Å². The van der Waals surface area contributed by atoms with Crippen LogP contribution in [0.4, 0.5) is 0 Å². The SMILES string of the molecule is COC(=O)c1cc(C=C(C)CNC(C)(C)C)oc1C. The molecule has 0 aliphatic rings. The summed E-state index contributed by atoms with van der Waals surface area (Å²) in [5, 5.41) is 3.40. The van der Waals surface area contributed by atoms with Crippen LogP contribution in [0.2, 0.25) is 0 Å². The van der Waals surface area contributed by atoms with E-state index in [1.54, 1.807) is 13.0 Å². The molecule has 0 aliphatic carbocycles. The number of rotatable bonds is 4. The summed E-state index contributed by atoms with van der Waals surface area (Å²) < 4.78 is 10.2. The number of carbonyl (C=O) groups is 1. The van der Waals surface area contributed by atoms with Gasteiger partial charge in [-0.3, -0.25) is 0 Å². The minimum atomic E-state index is -0.369. The first-order valence-corrected chi connectivity index (χ1v) is 6.34. The monoisotopic (exact) mass is 265 g/mol. The Kier molecular flexibility index (Phi) is 4.95. The molecule has 0 radical (unpaired) electrons. The van der Waals surface area contributed by atoms with E-state index in [0.29, 0.717) is 17.1 Å². The van der Waals surface area contributed by atoms with Gasteiger partial charge in [0.15, 0.2) is 0 Å². The van der Waals surface area contributed by atoms with Crippen LogP contribution in [0, 0.1) is 6.92 Å². The number of nitrogens with one attached hydrogen (secondary N) is 1. The lowest BCUT2D eigenvalue weighted by molar-refractivity contribution is 0.0599. The fourth-order valence-corrected chi connectivity index (χ4v) is 1.59. The van der Waals surface area contributed by atoms with Crippen LogP contribution in [-0.2, 0) is 4.74 Å². The summed E-state index contributed by atoms with van der Waals surface area (Å²) in [6.45, 7) is 10.9. The van der Waals surface area contributed by atoms with Crippen LogP contribution in [0.1, 0.15) is 49.6 Å². The molecule has 0 aromatic carbocycles. The van der Waals surface area contributed by atoms with Gasteiger partial charge in [-0.25, -0.2) is 4.79 Å². The molecule has 1 aromatic rings. The predicted octanol–water partition coefficient (Wildman–Crippen LogP) is 3.17. The summed E-state index contributed by atoms with van der Waals surface area (Å²) in [4.78, 5) is 11.5. The maximum absolute atomic E-state index is 11.5. The molecule has 19 heavy (non-hydrogen) atoms. The molecule has 0 atom stereocenters. The van der Waals surface area contributed by atoms with Gasteiger partial charge in [-0.2, -0.15) is 0 Å². The van der Waals surface area contributed by atoms with Crippen molar-refractivity contribution < 1.29 is 13.9 Å². The first-order chi connectivity index (χ1) is 8.73. The molecule has 4 heteroatoms. The van der Waals surface area contributed by atoms with Crippen molar-refractivity contribution in [3.63, 3.8) is 0 Å². The molecule has 0 aliphatic heterocycles. The zero-order valence-electron chi connectivity index (χ0n) is 12.6. The van der Waals surface area contributed by atoms with Crippen molar-refractivity contribution in [3.05, 3.63) is 28.7 Å². The Morgan fingerprint density at radius 3 is 2.63 bits per heavy atom. The predicted molar refractivity (Wildman–Crippen MR) is 76.2 cm³/mol. The second kappa shape index (κ2) is 6.06. The van der Waals surface area contributed by atoms with Gasteiger partial charge in [0.1, 0.15) is 17.1 Å². The van der Waals surface area contributed by atoms with E-state index in [-0.39, 0.29) is 11.5 Å². The minimum absolute atomic E-state index is 0.0748. The summed E-state index contributed by atoms with van der Waals surface area (Å²) in [6, 6.07) is 1.71. The van der Waals surface area contributed by atoms with Crippen LogP contribution < -0.4 is 5.32 Å². The summed E-state index contributed by atoms with van der Waals surface area (Å²) in [6.07, 6.45) is 1.93. The zero-order chi connectivity index (χ0) is 14.6. The highest BCUT2D eigenvalue weighted by atomic mass is 16.5. The van der Waals surface area contributed by atoms with Crippen LogP contribution in [0.5, 0.6) is 0 Å². The number of methoxy groups -OCH3 is 1. The molecule has 0 spiro atoms. The molecule has 4 nitrogen and oxygen atoms in total. The fraction of sp³-hybridized carbons (Fsp3) is 0.533. The standard InChI is InChI=1S/C15H23NO3/c1-10(9-16-15(3,4)5)7-12-8-13(11(2)19-12)14(17)18-6/h7-8,16H,9H2,1-6H3. The molecule has 0 saturated carbocycles. The Balaban J connectivity index is 2.79. The quantitative estimate of drug-likeness (QED) is 0.850. The van der Waals surface area contributed by atoms with Gasteiger partial charge in [0.2, 0.25) is 0 Å². The van der Waals surface area contributed by atoms with Gasteiger partial charge in [-0.1, -0.05) is 5.57 Å². The van der Waals surface area contributed by atoms with Crippen molar-refractivity contribution in [1.82, 2.24) is 5.32 Å². The van der Waals surface area contributed by atoms with E-state index in [1.165, 1.54) is 7.11 Å². The molecule has 0 amide bonds. The van der Waals surface area contributed by atoms with Crippen molar-refractivity contribution in [1.29, 1.82) is 0 Å². The number of hydrogen-bond donors (Lipinski definition) is 1. The molecule has 0 unspecified atom stereocenters. The van der Waals surface area contributed by atoms with E-state index in [1.807, 2.05) is 13.0 Å². The molecule has 1 N–H and O–H groups in total. The number of aryl methyl sites for hydroxylation is 1. The summed E-state index contributed by atoms with van der Waals surface area (Å²) in [5.41, 5.74) is 1.69. The van der Waals surface area contributed by atoms with E-state index < -0.39 is 0 Å². The van der Waals surface area contributed by atoms with Gasteiger partial charge in [0.05, 0.1) is 7.11 Å². The first kappa shape index (κ1) is 15.5. The number of hydrogen-bond acceptors (Lipinski definition) is 4. The number of furan rings is 1. The second-order valence-electron chi connectivity index (χ2n) is 5.70. The average molecular weight is 265 g/mol. The van der Waals surface area contributed by atoms with Gasteiger partial charge in [-0.05, 0) is 46.8 Å². The first-order valence-electron chi connectivity index (χ1n) is 6.34. The van der Waals surface area contributed by atoms with Gasteiger partial charge < -0.3 is 14.5 Å². The van der Waals surface area contributed by atoms with E-state index in [9.17, 15) is 4.79 Å². The third kappa shape index (κ3) is 4.91. The highest BCUT2D eigenvalue weighted by molar-refractivity contribution is 5.91. The second-order valence-corrected chi connectivity index (χ2v) is 5.70. The Morgan fingerprint density at radius 2 is 2.11 bits per heavy atom. The third-order valence-electron chi connectivity index (χ3n) is 2.63. The van der Waals surface area contributed by atoms with E-state index in [0.717, 1.165) is 12.1 Å². The van der Waals surface area contributed by atoms with Gasteiger partial charge >= 0.3 is 5.97 Å². The lowest BCUT2D eigenvalue weighted by Gasteiger charge is -2.20. The summed E-state index contributed by atoms with van der Waals surface area (Å²) >= 11 is 0. The highest BCUT2D eigenvalue weighted by Gasteiger charge is 2.14. The molecular formula is C15H23NO3. The van der Waals surface area contributed by atoms with Crippen LogP contribution in [0.25, 0.3) is 6.08 Å². The molecule has 106 valence electrons. The third-order valence-corrected chi connectivity index (χ3v) is 2.63. The van der Waals surface area contributed by atoms with Crippen LogP contribution in [-0.4, -0.2) is 25.2 Å². The summed E-state index contributed by atoms with van der Waals surface area (Å²) in [7, 11) is 1.36. The summed E-state index contributed by atoms with van der Waals surface area (Å²) in [5.74, 6) is 0.882. The molecule has 0 saturated heterocycles. The Morgan fingerprint density at radius 1 is 1.47 bits per heavy atom. The molecular weight excluding hydrogens is 242 g/mol. The molecule has 1 rings (SSSR count). The Hall–Kier alpha value is -1.55. The van der Waals surface area contributed by atoms with Gasteiger partial charge in [-0.15, -0.1) is 0 Å². The maximum atomic E-state index is 11.5. The van der Waals surface area contributed by atoms with Crippen molar-refractivity contribution in [2.75, 3.05) is 13.7 Å². The van der Waals surface area contributed by atoms with Crippen molar-refractivity contribution in [2.24, 2.45) is 0 Å². The van der Waals surface area contributed by atoms with Crippen LogP contribution in [0.15, 0.2) is 16.1 Å². The molecule has 1 heterocycles. The van der Waals surface area contributed by atoms with Gasteiger partial charge in [0.25, 0.3) is 0 Å². The lowest BCUT2D eigenvalue weighted by atomic mass is 10.1. The topological polar surface area (TPSA) is 51.5 Å². The van der Waals surface area contributed by atoms with E-state index in [4.69, 9.17) is 9.15 Å². The van der Waals surface area contributed by atoms with Crippen LogP contribution in [0.3, 0.4) is 0 Å². The highest BCUT2D eigenvalue weighted by Crippen LogP contribution is 2.18. The normalized spacial score (nSPS) is 12.6. The lowest BCUT2D eigenvalue weighted by Crippen LogP contribution is -2.36. The number of esters is 1. The van der Waals surface area contributed by atoms with Crippen molar-refractivity contribution in [2.45, 2.75) is 40.2 Å². The minimum Gasteiger partial charge on any atom is -0.465 e. The average Bonchev–Trinajstić information content (AvgIpc) is 2.65. The molecule has 0 fully saturated rings. The molecule has 0 bridgehead atoms. The maximum Gasteiger partial charge on any atom is 0.341 e. The van der Waals surface area contributed by atoms with E-state index in [2.05, 4.69) is 26.1 Å². The number of carbonyl (C=O) groups excluding carboxylic acids is 1. The van der Waals surface area contributed by atoms with Crippen molar-refractivity contribution >= 4 is 12.0 Å². The van der Waals surface area contributed by atoms with Crippen molar-refractivity contribution in [3.8, 4) is 0 Å².